The summed E-state index contributed by atoms with van der Waals surface area (Å²) in [6.45, 7) is 0.684. The second-order valence-corrected chi connectivity index (χ2v) is 9.47. The summed E-state index contributed by atoms with van der Waals surface area (Å²) in [5.41, 5.74) is 0. The van der Waals surface area contributed by atoms with Crippen molar-refractivity contribution < 1.29 is 37.0 Å². The lowest BCUT2D eigenvalue weighted by Crippen LogP contribution is -2.41. The van der Waals surface area contributed by atoms with Crippen molar-refractivity contribution in [2.45, 2.75) is 38.5 Å². The fraction of sp³-hybridized carbons (Fsp3) is 0.762. The van der Waals surface area contributed by atoms with Crippen molar-refractivity contribution in [2.75, 3.05) is 46.6 Å². The van der Waals surface area contributed by atoms with E-state index in [1.165, 1.54) is 7.05 Å². The molecule has 2 rings (SSSR count). The molecule has 1 fully saturated rings. The minimum absolute atomic E-state index is 0.0295. The molecule has 4 N–H and O–H groups in total. The Morgan fingerprint density at radius 1 is 0.941 bits per heavy atom. The molecule has 0 radical (unpaired) electrons. The topological polar surface area (TPSA) is 161 Å². The number of amides is 3. The van der Waals surface area contributed by atoms with Crippen molar-refractivity contribution in [1.82, 2.24) is 20.1 Å². The van der Waals surface area contributed by atoms with Crippen LogP contribution in [0.3, 0.4) is 0 Å². The molecule has 12 nitrogen and oxygen atoms in total. The molecule has 192 valence electrons. The summed E-state index contributed by atoms with van der Waals surface area (Å²) < 4.78 is 42.8. The highest BCUT2D eigenvalue weighted by molar-refractivity contribution is 7.88. The zero-order valence-corrected chi connectivity index (χ0v) is 20.2. The van der Waals surface area contributed by atoms with Crippen LogP contribution in [0.15, 0.2) is 0 Å². The summed E-state index contributed by atoms with van der Waals surface area (Å²) in [5.74, 6) is 7.18. The van der Waals surface area contributed by atoms with Crippen LogP contribution in [0.1, 0.15) is 38.5 Å². The van der Waals surface area contributed by atoms with Gasteiger partial charge in [0.05, 0.1) is 19.8 Å². The van der Waals surface area contributed by atoms with Crippen LogP contribution in [0.25, 0.3) is 0 Å². The zero-order valence-electron chi connectivity index (χ0n) is 19.4. The number of rotatable bonds is 14. The number of alkyl carbamates (subject to hydrolysis) is 2. The fourth-order valence-electron chi connectivity index (χ4n) is 3.80. The average Bonchev–Trinajstić information content (AvgIpc) is 3.42. The van der Waals surface area contributed by atoms with Gasteiger partial charge in [0.1, 0.15) is 6.61 Å². The molecule has 0 spiro atoms. The van der Waals surface area contributed by atoms with Gasteiger partial charge in [0, 0.05) is 39.4 Å². The molecular weight excluding hydrogens is 468 g/mol. The van der Waals surface area contributed by atoms with Crippen molar-refractivity contribution in [1.29, 1.82) is 0 Å². The zero-order chi connectivity index (χ0) is 24.8. The highest BCUT2D eigenvalue weighted by Gasteiger charge is 2.49. The van der Waals surface area contributed by atoms with E-state index < -0.39 is 28.3 Å². The van der Waals surface area contributed by atoms with Gasteiger partial charge in [-0.2, -0.15) is 13.1 Å². The van der Waals surface area contributed by atoms with Crippen molar-refractivity contribution in [2.24, 2.45) is 17.8 Å². The molecule has 0 bridgehead atoms. The lowest BCUT2D eigenvalue weighted by atomic mass is 10.1. The molecule has 34 heavy (non-hydrogen) atoms. The lowest BCUT2D eigenvalue weighted by Gasteiger charge is -2.09. The Morgan fingerprint density at radius 3 is 2.32 bits per heavy atom. The van der Waals surface area contributed by atoms with E-state index in [4.69, 9.17) is 14.2 Å². The van der Waals surface area contributed by atoms with Gasteiger partial charge in [-0.15, -0.1) is 11.8 Å². The van der Waals surface area contributed by atoms with Gasteiger partial charge in [-0.25, -0.2) is 14.3 Å². The first-order valence-electron chi connectivity index (χ1n) is 11.4. The van der Waals surface area contributed by atoms with E-state index in [0.29, 0.717) is 24.4 Å². The number of hydrogen-bond acceptors (Lipinski definition) is 8. The number of hydrogen-bond donors (Lipinski definition) is 4. The first-order chi connectivity index (χ1) is 16.3. The summed E-state index contributed by atoms with van der Waals surface area (Å²) in [6.07, 6.45) is 2.98. The van der Waals surface area contributed by atoms with Crippen LogP contribution in [0.5, 0.6) is 0 Å². The van der Waals surface area contributed by atoms with Crippen molar-refractivity contribution in [3.63, 3.8) is 0 Å². The molecule has 0 aromatic carbocycles. The maximum atomic E-state index is 11.8. The van der Waals surface area contributed by atoms with Gasteiger partial charge in [-0.1, -0.05) is 0 Å². The third kappa shape index (κ3) is 11.0. The normalized spacial score (nSPS) is 20.9. The van der Waals surface area contributed by atoms with E-state index in [0.717, 1.165) is 25.7 Å². The van der Waals surface area contributed by atoms with Crippen LogP contribution < -0.4 is 20.1 Å². The predicted molar refractivity (Wildman–Crippen MR) is 122 cm³/mol. The summed E-state index contributed by atoms with van der Waals surface area (Å²) in [6, 6.07) is 0. The van der Waals surface area contributed by atoms with Gasteiger partial charge < -0.3 is 24.8 Å². The molecule has 2 aliphatic rings. The van der Waals surface area contributed by atoms with Crippen LogP contribution in [-0.4, -0.2) is 73.1 Å². The molecule has 0 saturated heterocycles. The summed E-state index contributed by atoms with van der Waals surface area (Å²) in [7, 11) is -2.59. The van der Waals surface area contributed by atoms with E-state index >= 15 is 0 Å². The smallest absolute Gasteiger partial charge is 0.407 e. The maximum Gasteiger partial charge on any atom is 0.407 e. The molecule has 0 heterocycles. The van der Waals surface area contributed by atoms with Gasteiger partial charge in [0.2, 0.25) is 5.91 Å². The maximum absolute atomic E-state index is 11.8. The SMILES string of the molecule is CNC(=O)OCCOCCNS(=O)(=O)NC(=O)CCCNC(=O)OCC1[C@H]2CCC#CCC[C@@H]12. The van der Waals surface area contributed by atoms with Gasteiger partial charge in [0.15, 0.2) is 0 Å². The highest BCUT2D eigenvalue weighted by Crippen LogP contribution is 2.52. The Hall–Kier alpha value is -2.56. The number of carbonyl (C=O) groups excluding carboxylic acids is 3. The Morgan fingerprint density at radius 2 is 1.65 bits per heavy atom. The lowest BCUT2D eigenvalue weighted by molar-refractivity contribution is -0.119. The summed E-state index contributed by atoms with van der Waals surface area (Å²) in [4.78, 5) is 34.5. The molecule has 0 aromatic heterocycles. The van der Waals surface area contributed by atoms with Gasteiger partial charge in [-0.05, 0) is 37.0 Å². The van der Waals surface area contributed by atoms with Crippen molar-refractivity contribution >= 4 is 28.3 Å². The van der Waals surface area contributed by atoms with Gasteiger partial charge in [0.25, 0.3) is 0 Å². The van der Waals surface area contributed by atoms with Gasteiger partial charge >= 0.3 is 22.4 Å². The second-order valence-electron chi connectivity index (χ2n) is 7.97. The molecule has 13 heteroatoms. The molecule has 2 aliphatic carbocycles. The van der Waals surface area contributed by atoms with Crippen LogP contribution >= 0.6 is 0 Å². The molecule has 3 atom stereocenters. The Kier molecular flexibility index (Phi) is 11.9. The Balaban J connectivity index is 1.46. The molecule has 1 saturated carbocycles. The minimum atomic E-state index is -4.02. The summed E-state index contributed by atoms with van der Waals surface area (Å²) >= 11 is 0. The standard InChI is InChI=1S/C21H34N4O8S/c1-22-20(27)32-14-13-31-12-11-24-34(29,30)25-19(26)9-6-10-23-21(28)33-15-18-16-7-4-2-3-5-8-17(16)18/h16-18,24H,4-15H2,1H3,(H,22,27)(H,23,28)(H,25,26)/t16-,17+,18?. The fourth-order valence-corrected chi connectivity index (χ4v) is 4.62. The predicted octanol–water partition coefficient (Wildman–Crippen LogP) is 0.256. The highest BCUT2D eigenvalue weighted by atomic mass is 32.2. The Labute approximate surface area is 200 Å². The number of nitrogens with one attached hydrogen (secondary N) is 4. The van der Waals surface area contributed by atoms with E-state index in [1.54, 1.807) is 0 Å². The van der Waals surface area contributed by atoms with E-state index in [9.17, 15) is 22.8 Å². The average molecular weight is 503 g/mol. The Bertz CT molecular complexity index is 837. The minimum Gasteiger partial charge on any atom is -0.449 e. The first-order valence-corrected chi connectivity index (χ1v) is 12.9. The van der Waals surface area contributed by atoms with Crippen LogP contribution in [0, 0.1) is 29.6 Å². The van der Waals surface area contributed by atoms with E-state index in [1.807, 2.05) is 4.72 Å². The van der Waals surface area contributed by atoms with Gasteiger partial charge in [-0.3, -0.25) is 4.79 Å². The third-order valence-corrected chi connectivity index (χ3v) is 6.63. The quantitative estimate of drug-likeness (QED) is 0.194. The molecular formula is C21H34N4O8S. The first kappa shape index (κ1) is 27.7. The van der Waals surface area contributed by atoms with Crippen molar-refractivity contribution in [3.8, 4) is 11.8 Å². The third-order valence-electron chi connectivity index (χ3n) is 5.55. The molecule has 0 aromatic rings. The molecule has 3 amide bonds. The second kappa shape index (κ2) is 14.6. The van der Waals surface area contributed by atoms with Crippen LogP contribution in [-0.2, 0) is 29.2 Å². The molecule has 0 aliphatic heterocycles. The monoisotopic (exact) mass is 502 g/mol. The summed E-state index contributed by atoms with van der Waals surface area (Å²) in [5, 5.41) is 4.85. The number of carbonyl (C=O) groups is 3. The van der Waals surface area contributed by atoms with E-state index in [2.05, 4.69) is 27.2 Å². The number of ether oxygens (including phenoxy) is 3. The van der Waals surface area contributed by atoms with Crippen LogP contribution in [0.4, 0.5) is 9.59 Å². The molecule has 1 unspecified atom stereocenters. The largest absolute Gasteiger partial charge is 0.449 e. The van der Waals surface area contributed by atoms with Crippen molar-refractivity contribution in [3.05, 3.63) is 0 Å². The number of fused-ring (bicyclic) bond motifs is 1. The van der Waals surface area contributed by atoms with E-state index in [-0.39, 0.29) is 45.8 Å². The van der Waals surface area contributed by atoms with Crippen LogP contribution in [0.2, 0.25) is 0 Å².